The second-order valence-corrected chi connectivity index (χ2v) is 8.13. The van der Waals surface area contributed by atoms with Gasteiger partial charge in [0.15, 0.2) is 5.78 Å². The van der Waals surface area contributed by atoms with E-state index in [-0.39, 0.29) is 5.78 Å². The molecule has 5 rings (SSSR count). The molecule has 154 valence electrons. The van der Waals surface area contributed by atoms with Crippen LogP contribution in [0.5, 0.6) is 0 Å². The summed E-state index contributed by atoms with van der Waals surface area (Å²) in [5.74, 6) is 0.0502. The molecule has 1 N–H and O–H groups in total. The van der Waals surface area contributed by atoms with Gasteiger partial charge < -0.3 is 0 Å². The fraction of sp³-hybridized carbons (Fsp3) is 0.167. The van der Waals surface area contributed by atoms with E-state index in [1.54, 1.807) is 16.9 Å². The number of benzene rings is 2. The van der Waals surface area contributed by atoms with E-state index in [4.69, 9.17) is 11.6 Å². The smallest absolute Gasteiger partial charge is 0.166 e. The van der Waals surface area contributed by atoms with Crippen molar-refractivity contribution in [1.82, 2.24) is 25.0 Å². The number of carbonyl (C=O) groups excluding carboxylic acids is 1. The molecule has 0 aliphatic heterocycles. The molecule has 0 amide bonds. The summed E-state index contributed by atoms with van der Waals surface area (Å²) >= 11 is 6.09. The fourth-order valence-electron chi connectivity index (χ4n) is 3.77. The Morgan fingerprint density at radius 3 is 2.87 bits per heavy atom. The van der Waals surface area contributed by atoms with Crippen LogP contribution >= 0.6 is 11.6 Å². The van der Waals surface area contributed by atoms with Crippen LogP contribution in [0, 0.1) is 6.92 Å². The second kappa shape index (κ2) is 7.96. The molecule has 0 atom stereocenters. The summed E-state index contributed by atoms with van der Waals surface area (Å²) in [5.41, 5.74) is 5.47. The van der Waals surface area contributed by atoms with Crippen LogP contribution in [0.4, 0.5) is 0 Å². The third kappa shape index (κ3) is 4.07. The predicted octanol–water partition coefficient (Wildman–Crippen LogP) is 5.13. The van der Waals surface area contributed by atoms with Crippen LogP contribution in [0.1, 0.15) is 33.7 Å². The summed E-state index contributed by atoms with van der Waals surface area (Å²) in [6.07, 6.45) is 4.38. The van der Waals surface area contributed by atoms with E-state index in [9.17, 15) is 4.79 Å². The van der Waals surface area contributed by atoms with Crippen LogP contribution in [-0.2, 0) is 13.0 Å². The number of Topliss-reactive ketones (excluding diaryl/α,β-unsaturated/α-hetero) is 1. The number of pyridine rings is 1. The molecule has 0 saturated heterocycles. The number of H-pyrrole nitrogens is 1. The molecule has 7 heteroatoms. The normalized spacial score (nSPS) is 11.4. The molecular formula is C24H20ClN5O. The number of nitrogens with one attached hydrogen (secondary N) is 1. The molecular weight excluding hydrogens is 410 g/mol. The Morgan fingerprint density at radius 2 is 1.97 bits per heavy atom. The van der Waals surface area contributed by atoms with E-state index in [1.807, 2.05) is 43.5 Å². The minimum Gasteiger partial charge on any atom is -0.294 e. The van der Waals surface area contributed by atoms with Gasteiger partial charge in [0.1, 0.15) is 0 Å². The molecule has 0 saturated carbocycles. The summed E-state index contributed by atoms with van der Waals surface area (Å²) in [7, 11) is 0. The topological polar surface area (TPSA) is 76.5 Å². The van der Waals surface area contributed by atoms with Crippen molar-refractivity contribution in [3.8, 4) is 0 Å². The zero-order valence-corrected chi connectivity index (χ0v) is 17.7. The Labute approximate surface area is 183 Å². The SMILES string of the molecule is Cc1ccc2cc(Cn3cc(C(=O)CCc4[nH]nc5ccc(Cl)cc45)cn3)ccc2n1. The van der Waals surface area contributed by atoms with Gasteiger partial charge in [-0.05, 0) is 55.3 Å². The highest BCUT2D eigenvalue weighted by Gasteiger charge is 2.12. The number of carbonyl (C=O) groups is 1. The van der Waals surface area contributed by atoms with Gasteiger partial charge in [0.2, 0.25) is 0 Å². The van der Waals surface area contributed by atoms with Gasteiger partial charge in [-0.2, -0.15) is 10.2 Å². The first-order chi connectivity index (χ1) is 15.0. The number of hydrogen-bond acceptors (Lipinski definition) is 4. The summed E-state index contributed by atoms with van der Waals surface area (Å²) < 4.78 is 1.79. The molecule has 0 unspecified atom stereocenters. The summed E-state index contributed by atoms with van der Waals surface area (Å²) in [4.78, 5) is 17.2. The van der Waals surface area contributed by atoms with Crippen molar-refractivity contribution in [3.63, 3.8) is 0 Å². The number of aromatic amines is 1. The Balaban J connectivity index is 1.27. The summed E-state index contributed by atoms with van der Waals surface area (Å²) in [6, 6.07) is 15.8. The fourth-order valence-corrected chi connectivity index (χ4v) is 3.94. The van der Waals surface area contributed by atoms with Gasteiger partial charge in [-0.3, -0.25) is 19.6 Å². The number of ketones is 1. The van der Waals surface area contributed by atoms with Gasteiger partial charge in [0.05, 0.1) is 29.3 Å². The quantitative estimate of drug-likeness (QED) is 0.379. The molecule has 31 heavy (non-hydrogen) atoms. The maximum Gasteiger partial charge on any atom is 0.166 e. The average Bonchev–Trinajstić information content (AvgIpc) is 3.39. The van der Waals surface area contributed by atoms with Crippen molar-refractivity contribution in [3.05, 3.63) is 88.5 Å². The van der Waals surface area contributed by atoms with E-state index in [0.717, 1.165) is 38.8 Å². The molecule has 0 fully saturated rings. The van der Waals surface area contributed by atoms with Crippen LogP contribution in [-0.4, -0.2) is 30.7 Å². The van der Waals surface area contributed by atoms with Crippen molar-refractivity contribution in [2.45, 2.75) is 26.3 Å². The van der Waals surface area contributed by atoms with E-state index < -0.39 is 0 Å². The van der Waals surface area contributed by atoms with Crippen LogP contribution in [0.2, 0.25) is 5.02 Å². The van der Waals surface area contributed by atoms with Crippen molar-refractivity contribution >= 4 is 39.2 Å². The molecule has 0 aliphatic carbocycles. The summed E-state index contributed by atoms with van der Waals surface area (Å²) in [5, 5.41) is 14.4. The lowest BCUT2D eigenvalue weighted by Gasteiger charge is -2.04. The second-order valence-electron chi connectivity index (χ2n) is 7.69. The number of rotatable bonds is 6. The minimum atomic E-state index is 0.0502. The van der Waals surface area contributed by atoms with Gasteiger partial charge in [-0.15, -0.1) is 0 Å². The van der Waals surface area contributed by atoms with Crippen LogP contribution < -0.4 is 0 Å². The third-order valence-electron chi connectivity index (χ3n) is 5.39. The molecule has 0 radical (unpaired) electrons. The van der Waals surface area contributed by atoms with Crippen LogP contribution in [0.15, 0.2) is 60.9 Å². The van der Waals surface area contributed by atoms with Gasteiger partial charge in [0, 0.05) is 39.8 Å². The maximum atomic E-state index is 12.7. The Kier molecular flexibility index (Phi) is 5.00. The van der Waals surface area contributed by atoms with E-state index >= 15 is 0 Å². The first-order valence-corrected chi connectivity index (χ1v) is 10.5. The average molecular weight is 430 g/mol. The minimum absolute atomic E-state index is 0.0502. The van der Waals surface area contributed by atoms with E-state index in [0.29, 0.717) is 30.0 Å². The molecule has 6 nitrogen and oxygen atoms in total. The maximum absolute atomic E-state index is 12.7. The Hall–Kier alpha value is -3.51. The first kappa shape index (κ1) is 19.5. The monoisotopic (exact) mass is 429 g/mol. The molecule has 3 heterocycles. The van der Waals surface area contributed by atoms with Gasteiger partial charge in [-0.25, -0.2) is 0 Å². The number of hydrogen-bond donors (Lipinski definition) is 1. The van der Waals surface area contributed by atoms with Crippen molar-refractivity contribution in [2.24, 2.45) is 0 Å². The van der Waals surface area contributed by atoms with Gasteiger partial charge in [0.25, 0.3) is 0 Å². The summed E-state index contributed by atoms with van der Waals surface area (Å²) in [6.45, 7) is 2.58. The van der Waals surface area contributed by atoms with Crippen LogP contribution in [0.3, 0.4) is 0 Å². The standard InChI is InChI=1S/C24H20ClN5O/c1-15-2-4-17-10-16(3-6-21(17)27-15)13-30-14-18(12-26-30)24(31)9-8-23-20-11-19(25)5-7-22(20)28-29-23/h2-7,10-12,14H,8-9,13H2,1H3,(H,28,29). The van der Waals surface area contributed by atoms with Crippen molar-refractivity contribution in [2.75, 3.05) is 0 Å². The molecule has 5 aromatic rings. The number of nitrogens with zero attached hydrogens (tertiary/aromatic N) is 4. The number of aromatic nitrogens is 5. The third-order valence-corrected chi connectivity index (χ3v) is 5.62. The molecule has 0 aliphatic rings. The lowest BCUT2D eigenvalue weighted by molar-refractivity contribution is 0.0982. The zero-order chi connectivity index (χ0) is 21.4. The highest BCUT2D eigenvalue weighted by molar-refractivity contribution is 6.31. The highest BCUT2D eigenvalue weighted by atomic mass is 35.5. The molecule has 3 aromatic heterocycles. The van der Waals surface area contributed by atoms with Crippen molar-refractivity contribution in [1.29, 1.82) is 0 Å². The molecule has 0 bridgehead atoms. The molecule has 2 aromatic carbocycles. The first-order valence-electron chi connectivity index (χ1n) is 10.1. The Morgan fingerprint density at radius 1 is 1.10 bits per heavy atom. The lowest BCUT2D eigenvalue weighted by atomic mass is 10.1. The largest absolute Gasteiger partial charge is 0.294 e. The lowest BCUT2D eigenvalue weighted by Crippen LogP contribution is -2.02. The van der Waals surface area contributed by atoms with Gasteiger partial charge in [-0.1, -0.05) is 23.7 Å². The van der Waals surface area contributed by atoms with Crippen molar-refractivity contribution < 1.29 is 4.79 Å². The number of aryl methyl sites for hydroxylation is 2. The molecule has 0 spiro atoms. The van der Waals surface area contributed by atoms with E-state index in [1.165, 1.54) is 0 Å². The predicted molar refractivity (Wildman–Crippen MR) is 122 cm³/mol. The zero-order valence-electron chi connectivity index (χ0n) is 17.0. The Bertz CT molecular complexity index is 1420. The van der Waals surface area contributed by atoms with E-state index in [2.05, 4.69) is 32.4 Å². The van der Waals surface area contributed by atoms with Crippen LogP contribution in [0.25, 0.3) is 21.8 Å². The number of fused-ring (bicyclic) bond motifs is 2. The highest BCUT2D eigenvalue weighted by Crippen LogP contribution is 2.22. The van der Waals surface area contributed by atoms with Gasteiger partial charge >= 0.3 is 0 Å². The number of halogens is 1.